The topological polar surface area (TPSA) is 106 Å². The number of carbonyl (C=O) groups is 1. The molecule has 164 valence electrons. The van der Waals surface area contributed by atoms with Crippen LogP contribution in [0, 0.1) is 10.1 Å². The van der Waals surface area contributed by atoms with E-state index in [1.54, 1.807) is 12.1 Å². The number of hydrazone groups is 1. The maximum atomic E-state index is 12.1. The Morgan fingerprint density at radius 3 is 2.69 bits per heavy atom. The zero-order chi connectivity index (χ0) is 22.3. The van der Waals surface area contributed by atoms with Crippen LogP contribution in [0.15, 0.2) is 65.8 Å². The monoisotopic (exact) mass is 434 g/mol. The highest BCUT2D eigenvalue weighted by atomic mass is 16.6. The first kappa shape index (κ1) is 21.3. The van der Waals surface area contributed by atoms with Gasteiger partial charge in [0.2, 0.25) is 0 Å². The quantitative estimate of drug-likeness (QED) is 0.348. The molecule has 1 aliphatic rings. The van der Waals surface area contributed by atoms with Crippen LogP contribution in [-0.2, 0) is 9.53 Å². The number of benzene rings is 3. The number of fused-ring (bicyclic) bond motifs is 1. The number of nitro groups is 1. The van der Waals surface area contributed by atoms with Gasteiger partial charge in [0.1, 0.15) is 5.75 Å². The molecule has 0 bridgehead atoms. The van der Waals surface area contributed by atoms with E-state index >= 15 is 0 Å². The summed E-state index contributed by atoms with van der Waals surface area (Å²) in [4.78, 5) is 24.9. The molecule has 3 aromatic rings. The molecule has 9 nitrogen and oxygen atoms in total. The normalized spacial score (nSPS) is 13.9. The smallest absolute Gasteiger partial charge is 0.277 e. The SMILES string of the molecule is O=C(COc1ccc2ccccc2c1)NN=Cc1cc([N+](=O)[O-])ccc1N1CCOCC1. The lowest BCUT2D eigenvalue weighted by atomic mass is 10.1. The fourth-order valence-corrected chi connectivity index (χ4v) is 3.46. The first-order valence-electron chi connectivity index (χ1n) is 10.1. The van der Waals surface area contributed by atoms with E-state index in [1.807, 2.05) is 36.4 Å². The third kappa shape index (κ3) is 5.19. The molecule has 9 heteroatoms. The van der Waals surface area contributed by atoms with Gasteiger partial charge in [-0.1, -0.05) is 30.3 Å². The predicted octanol–water partition coefficient (Wildman–Crippen LogP) is 3.11. The molecule has 32 heavy (non-hydrogen) atoms. The van der Waals surface area contributed by atoms with E-state index in [0.717, 1.165) is 16.5 Å². The van der Waals surface area contributed by atoms with Crippen molar-refractivity contribution in [3.8, 4) is 5.75 Å². The molecule has 0 radical (unpaired) electrons. The van der Waals surface area contributed by atoms with Crippen LogP contribution in [-0.4, -0.2) is 50.0 Å². The number of carbonyl (C=O) groups excluding carboxylic acids is 1. The Morgan fingerprint density at radius 1 is 1.12 bits per heavy atom. The van der Waals surface area contributed by atoms with Gasteiger partial charge in [0, 0.05) is 36.5 Å². The lowest BCUT2D eigenvalue weighted by molar-refractivity contribution is -0.384. The summed E-state index contributed by atoms with van der Waals surface area (Å²) in [7, 11) is 0. The third-order valence-electron chi connectivity index (χ3n) is 5.06. The third-order valence-corrected chi connectivity index (χ3v) is 5.06. The number of hydrogen-bond donors (Lipinski definition) is 1. The van der Waals surface area contributed by atoms with Crippen molar-refractivity contribution in [3.05, 3.63) is 76.3 Å². The van der Waals surface area contributed by atoms with Gasteiger partial charge in [-0.05, 0) is 29.0 Å². The summed E-state index contributed by atoms with van der Waals surface area (Å²) in [6.07, 6.45) is 1.41. The van der Waals surface area contributed by atoms with Gasteiger partial charge in [-0.15, -0.1) is 0 Å². The summed E-state index contributed by atoms with van der Waals surface area (Å²) in [5.41, 5.74) is 3.70. The fourth-order valence-electron chi connectivity index (χ4n) is 3.46. The maximum absolute atomic E-state index is 12.1. The van der Waals surface area contributed by atoms with Gasteiger partial charge in [0.15, 0.2) is 6.61 Å². The maximum Gasteiger partial charge on any atom is 0.277 e. The highest BCUT2D eigenvalue weighted by molar-refractivity contribution is 5.90. The van der Waals surface area contributed by atoms with Gasteiger partial charge >= 0.3 is 0 Å². The number of nitrogens with zero attached hydrogens (tertiary/aromatic N) is 3. The van der Waals surface area contributed by atoms with E-state index in [2.05, 4.69) is 15.4 Å². The molecule has 1 amide bonds. The number of nitro benzene ring substituents is 1. The van der Waals surface area contributed by atoms with E-state index in [0.29, 0.717) is 37.6 Å². The molecule has 1 heterocycles. The highest BCUT2D eigenvalue weighted by Gasteiger charge is 2.17. The van der Waals surface area contributed by atoms with E-state index in [-0.39, 0.29) is 12.3 Å². The molecule has 0 aliphatic carbocycles. The first-order valence-corrected chi connectivity index (χ1v) is 10.1. The van der Waals surface area contributed by atoms with Crippen LogP contribution in [0.1, 0.15) is 5.56 Å². The summed E-state index contributed by atoms with van der Waals surface area (Å²) in [5, 5.41) is 17.2. The van der Waals surface area contributed by atoms with Gasteiger partial charge in [0.05, 0.1) is 24.4 Å². The average molecular weight is 434 g/mol. The minimum absolute atomic E-state index is 0.0468. The lowest BCUT2D eigenvalue weighted by Crippen LogP contribution is -2.36. The van der Waals surface area contributed by atoms with Crippen LogP contribution in [0.25, 0.3) is 10.8 Å². The lowest BCUT2D eigenvalue weighted by Gasteiger charge is -2.29. The average Bonchev–Trinajstić information content (AvgIpc) is 2.83. The van der Waals surface area contributed by atoms with Gasteiger partial charge in [-0.3, -0.25) is 14.9 Å². The Balaban J connectivity index is 1.40. The van der Waals surface area contributed by atoms with E-state index in [4.69, 9.17) is 9.47 Å². The minimum Gasteiger partial charge on any atom is -0.484 e. The number of anilines is 1. The highest BCUT2D eigenvalue weighted by Crippen LogP contribution is 2.25. The molecule has 1 fully saturated rings. The molecule has 4 rings (SSSR count). The molecule has 0 spiro atoms. The summed E-state index contributed by atoms with van der Waals surface area (Å²) >= 11 is 0. The van der Waals surface area contributed by atoms with Crippen molar-refractivity contribution in [2.45, 2.75) is 0 Å². The van der Waals surface area contributed by atoms with E-state index in [1.165, 1.54) is 18.3 Å². The summed E-state index contributed by atoms with van der Waals surface area (Å²) in [6.45, 7) is 2.29. The van der Waals surface area contributed by atoms with Crippen LogP contribution in [0.4, 0.5) is 11.4 Å². The standard InChI is InChI=1S/C23H22N4O5/c28-23(16-32-21-7-5-17-3-1-2-4-18(17)14-21)25-24-15-19-13-20(27(29)30)6-8-22(19)26-9-11-31-12-10-26/h1-8,13-15H,9-12,16H2,(H,25,28). The number of rotatable bonds is 7. The Labute approximate surface area is 184 Å². The molecule has 0 aromatic heterocycles. The molecular formula is C23H22N4O5. The van der Waals surface area contributed by atoms with Crippen molar-refractivity contribution >= 4 is 34.3 Å². The predicted molar refractivity (Wildman–Crippen MR) is 121 cm³/mol. The van der Waals surface area contributed by atoms with Crippen LogP contribution in [0.2, 0.25) is 0 Å². The number of nitrogens with one attached hydrogen (secondary N) is 1. The van der Waals surface area contributed by atoms with Crippen LogP contribution < -0.4 is 15.1 Å². The zero-order valence-electron chi connectivity index (χ0n) is 17.3. The second-order valence-electron chi connectivity index (χ2n) is 7.19. The van der Waals surface area contributed by atoms with Crippen molar-refractivity contribution in [2.24, 2.45) is 5.10 Å². The summed E-state index contributed by atoms with van der Waals surface area (Å²) in [6, 6.07) is 18.0. The molecule has 1 N–H and O–H groups in total. The van der Waals surface area contributed by atoms with Crippen molar-refractivity contribution in [3.63, 3.8) is 0 Å². The molecular weight excluding hydrogens is 412 g/mol. The Kier molecular flexibility index (Phi) is 6.57. The van der Waals surface area contributed by atoms with Gasteiger partial charge < -0.3 is 14.4 Å². The first-order chi connectivity index (χ1) is 15.6. The molecule has 1 saturated heterocycles. The van der Waals surface area contributed by atoms with Crippen molar-refractivity contribution in [1.29, 1.82) is 0 Å². The number of non-ortho nitro benzene ring substituents is 1. The second kappa shape index (κ2) is 9.88. The number of ether oxygens (including phenoxy) is 2. The largest absolute Gasteiger partial charge is 0.484 e. The second-order valence-corrected chi connectivity index (χ2v) is 7.19. The minimum atomic E-state index is -0.462. The van der Waals surface area contributed by atoms with Crippen LogP contribution in [0.3, 0.4) is 0 Å². The Bertz CT molecular complexity index is 1160. The summed E-state index contributed by atoms with van der Waals surface area (Å²) < 4.78 is 10.9. The molecule has 3 aromatic carbocycles. The Morgan fingerprint density at radius 2 is 1.91 bits per heavy atom. The summed E-state index contributed by atoms with van der Waals surface area (Å²) in [5.74, 6) is 0.142. The number of hydrogen-bond acceptors (Lipinski definition) is 7. The molecule has 0 atom stereocenters. The fraction of sp³-hybridized carbons (Fsp3) is 0.217. The van der Waals surface area contributed by atoms with Crippen molar-refractivity contribution in [1.82, 2.24) is 5.43 Å². The molecule has 0 saturated carbocycles. The van der Waals surface area contributed by atoms with Gasteiger partial charge in [0.25, 0.3) is 11.6 Å². The Hall–Kier alpha value is -3.98. The van der Waals surface area contributed by atoms with Gasteiger partial charge in [-0.2, -0.15) is 5.10 Å². The molecule has 1 aliphatic heterocycles. The zero-order valence-corrected chi connectivity index (χ0v) is 17.3. The van der Waals surface area contributed by atoms with E-state index in [9.17, 15) is 14.9 Å². The van der Waals surface area contributed by atoms with E-state index < -0.39 is 10.8 Å². The number of morpholine rings is 1. The van der Waals surface area contributed by atoms with Crippen LogP contribution in [0.5, 0.6) is 5.75 Å². The number of amides is 1. The van der Waals surface area contributed by atoms with Crippen molar-refractivity contribution < 1.29 is 19.2 Å². The van der Waals surface area contributed by atoms with Crippen LogP contribution >= 0.6 is 0 Å². The molecule has 0 unspecified atom stereocenters. The van der Waals surface area contributed by atoms with Crippen molar-refractivity contribution in [2.75, 3.05) is 37.8 Å². The van der Waals surface area contributed by atoms with Gasteiger partial charge in [-0.25, -0.2) is 5.43 Å².